The van der Waals surface area contributed by atoms with Crippen LogP contribution in [0.1, 0.15) is 10.4 Å². The number of nitrogens with zero attached hydrogens (tertiary/aromatic N) is 1. The molecule has 4 aromatic rings. The topological polar surface area (TPSA) is 105 Å². The molecule has 4 rings (SSSR count). The maximum Gasteiger partial charge on any atom is 0.351 e. The second kappa shape index (κ2) is 6.45. The van der Waals surface area contributed by atoms with Gasteiger partial charge in [0, 0.05) is 23.0 Å². The standard InChI is InChI=1S/C20H14N2O5/c1-25-13-3-2-12-9-16(20(24)27-17(12)10-13)19(23)26-14-4-5-15-11(8-14)6-7-22-18(15)21/h2-10H,1H3,(H2,21,22). The molecule has 0 unspecified atom stereocenters. The van der Waals surface area contributed by atoms with Crippen LogP contribution < -0.4 is 20.8 Å². The first kappa shape index (κ1) is 16.6. The molecule has 0 spiro atoms. The lowest BCUT2D eigenvalue weighted by atomic mass is 10.1. The van der Waals surface area contributed by atoms with Crippen LogP contribution in [0.15, 0.2) is 63.9 Å². The van der Waals surface area contributed by atoms with E-state index in [0.717, 1.165) is 10.8 Å². The molecule has 27 heavy (non-hydrogen) atoms. The van der Waals surface area contributed by atoms with Gasteiger partial charge in [0.2, 0.25) is 0 Å². The van der Waals surface area contributed by atoms with Gasteiger partial charge in [0.1, 0.15) is 28.5 Å². The third-order valence-electron chi connectivity index (χ3n) is 4.14. The van der Waals surface area contributed by atoms with E-state index >= 15 is 0 Å². The van der Waals surface area contributed by atoms with Crippen LogP contribution in [0.3, 0.4) is 0 Å². The number of rotatable bonds is 3. The van der Waals surface area contributed by atoms with Crippen molar-refractivity contribution in [3.8, 4) is 11.5 Å². The summed E-state index contributed by atoms with van der Waals surface area (Å²) < 4.78 is 15.7. The predicted molar refractivity (Wildman–Crippen MR) is 100 cm³/mol. The number of benzene rings is 2. The van der Waals surface area contributed by atoms with Crippen molar-refractivity contribution in [1.82, 2.24) is 4.98 Å². The molecule has 0 aliphatic rings. The number of ether oxygens (including phenoxy) is 2. The second-order valence-corrected chi connectivity index (χ2v) is 5.82. The Bertz CT molecular complexity index is 1250. The Morgan fingerprint density at radius 2 is 1.85 bits per heavy atom. The Labute approximate surface area is 152 Å². The van der Waals surface area contributed by atoms with Crippen molar-refractivity contribution in [3.05, 3.63) is 70.7 Å². The molecule has 0 aliphatic heterocycles. The molecule has 0 bridgehead atoms. The van der Waals surface area contributed by atoms with Crippen LogP contribution in [0.5, 0.6) is 11.5 Å². The molecule has 7 nitrogen and oxygen atoms in total. The Morgan fingerprint density at radius 1 is 1.04 bits per heavy atom. The molecular formula is C20H14N2O5. The Kier molecular flexibility index (Phi) is 3.97. The number of nitrogens with two attached hydrogens (primary N) is 1. The lowest BCUT2D eigenvalue weighted by Gasteiger charge is -2.07. The van der Waals surface area contributed by atoms with Gasteiger partial charge in [-0.05, 0) is 47.9 Å². The van der Waals surface area contributed by atoms with E-state index in [1.54, 1.807) is 48.7 Å². The first-order chi connectivity index (χ1) is 13.0. The minimum absolute atomic E-state index is 0.193. The van der Waals surface area contributed by atoms with Gasteiger partial charge in [0.15, 0.2) is 0 Å². The van der Waals surface area contributed by atoms with Crippen LogP contribution in [0, 0.1) is 0 Å². The normalized spacial score (nSPS) is 10.9. The number of nitrogen functional groups attached to an aromatic ring is 1. The average Bonchev–Trinajstić information content (AvgIpc) is 2.67. The summed E-state index contributed by atoms with van der Waals surface area (Å²) in [6, 6.07) is 13.1. The highest BCUT2D eigenvalue weighted by molar-refractivity contribution is 5.96. The SMILES string of the molecule is COc1ccc2cc(C(=O)Oc3ccc4c(N)nccc4c3)c(=O)oc2c1. The van der Waals surface area contributed by atoms with E-state index in [1.807, 2.05) is 0 Å². The van der Waals surface area contributed by atoms with Gasteiger partial charge in [-0.3, -0.25) is 0 Å². The first-order valence-electron chi connectivity index (χ1n) is 8.03. The Hall–Kier alpha value is -3.87. The fourth-order valence-electron chi connectivity index (χ4n) is 2.77. The van der Waals surface area contributed by atoms with Crippen molar-refractivity contribution in [2.45, 2.75) is 0 Å². The fourth-order valence-corrected chi connectivity index (χ4v) is 2.77. The van der Waals surface area contributed by atoms with Gasteiger partial charge in [-0.15, -0.1) is 0 Å². The lowest BCUT2D eigenvalue weighted by molar-refractivity contribution is 0.0731. The third kappa shape index (κ3) is 3.06. The van der Waals surface area contributed by atoms with Crippen LogP contribution in [0.25, 0.3) is 21.7 Å². The van der Waals surface area contributed by atoms with Crippen molar-refractivity contribution in [2.75, 3.05) is 12.8 Å². The number of methoxy groups -OCH3 is 1. The molecule has 2 N–H and O–H groups in total. The summed E-state index contributed by atoms with van der Waals surface area (Å²) in [5.41, 5.74) is 5.16. The molecule has 7 heteroatoms. The Balaban J connectivity index is 1.68. The van der Waals surface area contributed by atoms with E-state index in [1.165, 1.54) is 13.2 Å². The molecule has 2 heterocycles. The van der Waals surface area contributed by atoms with E-state index in [-0.39, 0.29) is 11.3 Å². The molecule has 2 aromatic heterocycles. The highest BCUT2D eigenvalue weighted by Crippen LogP contribution is 2.25. The number of esters is 1. The quantitative estimate of drug-likeness (QED) is 0.339. The smallest absolute Gasteiger partial charge is 0.351 e. The molecule has 0 aliphatic carbocycles. The largest absolute Gasteiger partial charge is 0.497 e. The van der Waals surface area contributed by atoms with E-state index in [4.69, 9.17) is 19.6 Å². The number of pyridine rings is 1. The van der Waals surface area contributed by atoms with Crippen LogP contribution in [0.2, 0.25) is 0 Å². The number of aromatic nitrogens is 1. The summed E-state index contributed by atoms with van der Waals surface area (Å²) in [7, 11) is 1.51. The van der Waals surface area contributed by atoms with Gasteiger partial charge in [-0.2, -0.15) is 0 Å². The number of hydrogen-bond donors (Lipinski definition) is 1. The van der Waals surface area contributed by atoms with Crippen molar-refractivity contribution in [3.63, 3.8) is 0 Å². The zero-order valence-corrected chi connectivity index (χ0v) is 14.3. The summed E-state index contributed by atoms with van der Waals surface area (Å²) in [5, 5.41) is 2.10. The highest BCUT2D eigenvalue weighted by atomic mass is 16.5. The zero-order valence-electron chi connectivity index (χ0n) is 14.3. The van der Waals surface area contributed by atoms with Gasteiger partial charge in [-0.25, -0.2) is 14.6 Å². The summed E-state index contributed by atoms with van der Waals surface area (Å²) in [6.45, 7) is 0. The first-order valence-corrected chi connectivity index (χ1v) is 8.03. The predicted octanol–water partition coefficient (Wildman–Crippen LogP) is 3.15. The minimum Gasteiger partial charge on any atom is -0.497 e. The fraction of sp³-hybridized carbons (Fsp3) is 0.0500. The van der Waals surface area contributed by atoms with E-state index in [9.17, 15) is 9.59 Å². The molecule has 134 valence electrons. The minimum atomic E-state index is -0.803. The van der Waals surface area contributed by atoms with E-state index in [0.29, 0.717) is 22.5 Å². The van der Waals surface area contributed by atoms with Crippen molar-refractivity contribution < 1.29 is 18.7 Å². The van der Waals surface area contributed by atoms with Crippen molar-refractivity contribution in [1.29, 1.82) is 0 Å². The third-order valence-corrected chi connectivity index (χ3v) is 4.14. The number of hydrogen-bond acceptors (Lipinski definition) is 7. The van der Waals surface area contributed by atoms with Crippen LogP contribution in [0.4, 0.5) is 5.82 Å². The van der Waals surface area contributed by atoms with Gasteiger partial charge < -0.3 is 19.6 Å². The van der Waals surface area contributed by atoms with Crippen molar-refractivity contribution in [2.24, 2.45) is 0 Å². The number of carbonyl (C=O) groups is 1. The van der Waals surface area contributed by atoms with E-state index < -0.39 is 11.6 Å². The Morgan fingerprint density at radius 3 is 2.67 bits per heavy atom. The summed E-state index contributed by atoms with van der Waals surface area (Å²) in [4.78, 5) is 28.7. The molecule has 0 saturated heterocycles. The second-order valence-electron chi connectivity index (χ2n) is 5.82. The molecule has 0 radical (unpaired) electrons. The van der Waals surface area contributed by atoms with Gasteiger partial charge in [-0.1, -0.05) is 0 Å². The summed E-state index contributed by atoms with van der Waals surface area (Å²) in [5.74, 6) is 0.414. The van der Waals surface area contributed by atoms with Crippen LogP contribution in [-0.2, 0) is 0 Å². The number of anilines is 1. The zero-order chi connectivity index (χ0) is 19.0. The number of carbonyl (C=O) groups excluding carboxylic acids is 1. The average molecular weight is 362 g/mol. The van der Waals surface area contributed by atoms with Crippen molar-refractivity contribution >= 4 is 33.5 Å². The summed E-state index contributed by atoms with van der Waals surface area (Å²) >= 11 is 0. The van der Waals surface area contributed by atoms with Crippen LogP contribution in [-0.4, -0.2) is 18.1 Å². The van der Waals surface area contributed by atoms with E-state index in [2.05, 4.69) is 4.98 Å². The highest BCUT2D eigenvalue weighted by Gasteiger charge is 2.17. The van der Waals surface area contributed by atoms with Crippen LogP contribution >= 0.6 is 0 Å². The monoisotopic (exact) mass is 362 g/mol. The molecular weight excluding hydrogens is 348 g/mol. The van der Waals surface area contributed by atoms with Gasteiger partial charge >= 0.3 is 11.6 Å². The molecule has 2 aromatic carbocycles. The number of fused-ring (bicyclic) bond motifs is 2. The lowest BCUT2D eigenvalue weighted by Crippen LogP contribution is -2.18. The molecule has 0 amide bonds. The van der Waals surface area contributed by atoms with Gasteiger partial charge in [0.25, 0.3) is 0 Å². The maximum absolute atomic E-state index is 12.5. The van der Waals surface area contributed by atoms with Gasteiger partial charge in [0.05, 0.1) is 7.11 Å². The molecule has 0 fully saturated rings. The maximum atomic E-state index is 12.5. The molecule has 0 atom stereocenters. The molecule has 0 saturated carbocycles. The summed E-state index contributed by atoms with van der Waals surface area (Å²) in [6.07, 6.45) is 1.56.